The van der Waals surface area contributed by atoms with E-state index in [-0.39, 0.29) is 29.7 Å². The van der Waals surface area contributed by atoms with E-state index in [1.165, 1.54) is 41.3 Å². The Kier molecular flexibility index (Phi) is 6.90. The first kappa shape index (κ1) is 18.9. The number of carbonyl (C=O) groups is 2. The van der Waals surface area contributed by atoms with E-state index in [9.17, 15) is 19.7 Å². The van der Waals surface area contributed by atoms with E-state index in [4.69, 9.17) is 4.74 Å². The zero-order valence-electron chi connectivity index (χ0n) is 13.3. The molecule has 0 unspecified atom stereocenters. The van der Waals surface area contributed by atoms with Gasteiger partial charge in [0.2, 0.25) is 5.91 Å². The van der Waals surface area contributed by atoms with E-state index >= 15 is 0 Å². The number of thiazole rings is 1. The van der Waals surface area contributed by atoms with Crippen molar-refractivity contribution in [2.24, 2.45) is 0 Å². The molecule has 1 amide bonds. The van der Waals surface area contributed by atoms with Crippen LogP contribution in [0.15, 0.2) is 34.0 Å². The molecule has 1 heterocycles. The quantitative estimate of drug-likeness (QED) is 0.324. The Morgan fingerprint density at radius 2 is 2.24 bits per heavy atom. The Morgan fingerprint density at radius 3 is 2.96 bits per heavy atom. The number of nitrogens with one attached hydrogen (secondary N) is 1. The highest BCUT2D eigenvalue weighted by Gasteiger charge is 2.11. The van der Waals surface area contributed by atoms with Crippen LogP contribution in [0.4, 0.5) is 11.4 Å². The number of aromatic nitrogens is 1. The smallest absolute Gasteiger partial charge is 0.311 e. The number of hydrogen-bond acceptors (Lipinski definition) is 8. The Hall–Kier alpha value is -2.46. The van der Waals surface area contributed by atoms with Crippen LogP contribution < -0.4 is 5.32 Å². The number of rotatable bonds is 8. The number of nitro groups is 1. The Morgan fingerprint density at radius 1 is 1.44 bits per heavy atom. The highest BCUT2D eigenvalue weighted by Crippen LogP contribution is 2.23. The predicted molar refractivity (Wildman–Crippen MR) is 94.9 cm³/mol. The van der Waals surface area contributed by atoms with Gasteiger partial charge < -0.3 is 10.1 Å². The lowest BCUT2D eigenvalue weighted by molar-refractivity contribution is -0.384. The van der Waals surface area contributed by atoms with Crippen molar-refractivity contribution >= 4 is 46.3 Å². The van der Waals surface area contributed by atoms with E-state index in [2.05, 4.69) is 10.3 Å². The number of carbonyl (C=O) groups excluding carboxylic acids is 2. The largest absolute Gasteiger partial charge is 0.466 e. The summed E-state index contributed by atoms with van der Waals surface area (Å²) in [7, 11) is 0. The predicted octanol–water partition coefficient (Wildman–Crippen LogP) is 2.89. The molecule has 0 aliphatic carbocycles. The van der Waals surface area contributed by atoms with Crippen molar-refractivity contribution in [2.75, 3.05) is 17.7 Å². The van der Waals surface area contributed by atoms with Crippen LogP contribution in [0.2, 0.25) is 0 Å². The second-order valence-corrected chi connectivity index (χ2v) is 6.81. The van der Waals surface area contributed by atoms with Crippen LogP contribution in [0.1, 0.15) is 12.6 Å². The normalized spacial score (nSPS) is 10.3. The van der Waals surface area contributed by atoms with Crippen LogP contribution in [0, 0.1) is 10.1 Å². The summed E-state index contributed by atoms with van der Waals surface area (Å²) in [5, 5.41) is 15.1. The maximum absolute atomic E-state index is 11.9. The van der Waals surface area contributed by atoms with E-state index in [1.807, 2.05) is 0 Å². The molecule has 0 fully saturated rings. The van der Waals surface area contributed by atoms with Gasteiger partial charge in [-0.3, -0.25) is 19.7 Å². The average molecular weight is 381 g/mol. The van der Waals surface area contributed by atoms with Crippen molar-refractivity contribution in [3.05, 3.63) is 45.5 Å². The van der Waals surface area contributed by atoms with Gasteiger partial charge in [0.15, 0.2) is 4.34 Å². The van der Waals surface area contributed by atoms with Crippen LogP contribution in [0.3, 0.4) is 0 Å². The first-order chi connectivity index (χ1) is 12.0. The van der Waals surface area contributed by atoms with Crippen LogP contribution in [-0.4, -0.2) is 34.1 Å². The molecule has 132 valence electrons. The van der Waals surface area contributed by atoms with Gasteiger partial charge in [-0.1, -0.05) is 17.8 Å². The monoisotopic (exact) mass is 381 g/mol. The van der Waals surface area contributed by atoms with Crippen molar-refractivity contribution in [2.45, 2.75) is 17.7 Å². The fourth-order valence-corrected chi connectivity index (χ4v) is 3.46. The fourth-order valence-electron chi connectivity index (χ4n) is 1.82. The van der Waals surface area contributed by atoms with E-state index in [0.29, 0.717) is 22.3 Å². The molecule has 2 rings (SSSR count). The van der Waals surface area contributed by atoms with Gasteiger partial charge in [0.25, 0.3) is 5.69 Å². The molecular weight excluding hydrogens is 366 g/mol. The number of nitrogens with zero attached hydrogens (tertiary/aromatic N) is 2. The lowest BCUT2D eigenvalue weighted by atomic mass is 10.3. The number of amides is 1. The number of hydrogen-bond donors (Lipinski definition) is 1. The van der Waals surface area contributed by atoms with Gasteiger partial charge in [-0.05, 0) is 13.0 Å². The summed E-state index contributed by atoms with van der Waals surface area (Å²) in [5.74, 6) is -0.532. The summed E-state index contributed by atoms with van der Waals surface area (Å²) >= 11 is 2.57. The zero-order valence-corrected chi connectivity index (χ0v) is 14.9. The van der Waals surface area contributed by atoms with Gasteiger partial charge >= 0.3 is 5.97 Å². The maximum Gasteiger partial charge on any atom is 0.311 e. The summed E-state index contributed by atoms with van der Waals surface area (Å²) in [6.07, 6.45) is 0.102. The fraction of sp³-hybridized carbons (Fsp3) is 0.267. The summed E-state index contributed by atoms with van der Waals surface area (Å²) in [5.41, 5.74) is 0.876. The Labute approximate surface area is 151 Å². The second-order valence-electron chi connectivity index (χ2n) is 4.73. The first-order valence-corrected chi connectivity index (χ1v) is 9.11. The van der Waals surface area contributed by atoms with E-state index in [0.717, 1.165) is 0 Å². The molecule has 10 heteroatoms. The highest BCUT2D eigenvalue weighted by molar-refractivity contribution is 8.01. The van der Waals surface area contributed by atoms with Crippen molar-refractivity contribution < 1.29 is 19.2 Å². The zero-order chi connectivity index (χ0) is 18.2. The highest BCUT2D eigenvalue weighted by atomic mass is 32.2. The molecule has 1 aromatic carbocycles. The number of thioether (sulfide) groups is 1. The number of anilines is 1. The van der Waals surface area contributed by atoms with Crippen molar-refractivity contribution in [1.82, 2.24) is 4.98 Å². The lowest BCUT2D eigenvalue weighted by Crippen LogP contribution is -2.14. The third kappa shape index (κ3) is 6.16. The number of benzene rings is 1. The van der Waals surface area contributed by atoms with Gasteiger partial charge in [-0.2, -0.15) is 0 Å². The van der Waals surface area contributed by atoms with Crippen molar-refractivity contribution in [3.8, 4) is 0 Å². The SMILES string of the molecule is CCOC(=O)Cc1csc(SCC(=O)Nc2cccc([N+](=O)[O-])c2)n1. The lowest BCUT2D eigenvalue weighted by Gasteiger charge is -2.03. The molecule has 0 aliphatic rings. The minimum atomic E-state index is -0.523. The molecule has 0 bridgehead atoms. The van der Waals surface area contributed by atoms with Crippen LogP contribution >= 0.6 is 23.1 Å². The summed E-state index contributed by atoms with van der Waals surface area (Å²) in [6.45, 7) is 2.06. The molecule has 0 saturated heterocycles. The summed E-state index contributed by atoms with van der Waals surface area (Å²) < 4.78 is 5.51. The molecule has 1 aromatic heterocycles. The van der Waals surface area contributed by atoms with E-state index in [1.54, 1.807) is 18.4 Å². The molecule has 0 saturated carbocycles. The van der Waals surface area contributed by atoms with Gasteiger partial charge in [0.05, 0.1) is 29.4 Å². The third-order valence-corrected chi connectivity index (χ3v) is 4.90. The molecule has 0 spiro atoms. The standard InChI is InChI=1S/C15H15N3O5S2/c1-2-23-14(20)7-11-8-24-15(17-11)25-9-13(19)16-10-4-3-5-12(6-10)18(21)22/h3-6,8H,2,7,9H2,1H3,(H,16,19). The Balaban J connectivity index is 1.84. The third-order valence-electron chi connectivity index (χ3n) is 2.83. The van der Waals surface area contributed by atoms with E-state index < -0.39 is 4.92 Å². The molecule has 25 heavy (non-hydrogen) atoms. The maximum atomic E-state index is 11.9. The molecule has 8 nitrogen and oxygen atoms in total. The number of non-ortho nitro benzene ring substituents is 1. The van der Waals surface area contributed by atoms with Gasteiger partial charge in [-0.25, -0.2) is 4.98 Å². The van der Waals surface area contributed by atoms with Crippen molar-refractivity contribution in [1.29, 1.82) is 0 Å². The second kappa shape index (κ2) is 9.14. The van der Waals surface area contributed by atoms with Crippen molar-refractivity contribution in [3.63, 3.8) is 0 Å². The minimum Gasteiger partial charge on any atom is -0.466 e. The van der Waals surface area contributed by atoms with Gasteiger partial charge in [0, 0.05) is 23.2 Å². The molecule has 0 atom stereocenters. The number of ether oxygens (including phenoxy) is 1. The molecule has 2 aromatic rings. The molecule has 0 radical (unpaired) electrons. The first-order valence-electron chi connectivity index (χ1n) is 7.25. The average Bonchev–Trinajstić information content (AvgIpc) is 3.00. The molecule has 0 aliphatic heterocycles. The number of nitro benzene ring substituents is 1. The summed E-state index contributed by atoms with van der Waals surface area (Å²) in [6, 6.07) is 5.73. The van der Waals surface area contributed by atoms with Crippen LogP contribution in [-0.2, 0) is 20.7 Å². The Bertz CT molecular complexity index is 778. The number of esters is 1. The molecular formula is C15H15N3O5S2. The minimum absolute atomic E-state index is 0.0889. The van der Waals surface area contributed by atoms with Crippen LogP contribution in [0.5, 0.6) is 0 Å². The van der Waals surface area contributed by atoms with Gasteiger partial charge in [0.1, 0.15) is 0 Å². The van der Waals surface area contributed by atoms with Crippen LogP contribution in [0.25, 0.3) is 0 Å². The molecule has 1 N–H and O–H groups in total. The topological polar surface area (TPSA) is 111 Å². The van der Waals surface area contributed by atoms with Gasteiger partial charge in [-0.15, -0.1) is 11.3 Å². The summed E-state index contributed by atoms with van der Waals surface area (Å²) in [4.78, 5) is 37.8.